The first-order valence-corrected chi connectivity index (χ1v) is 6.68. The number of pyridine rings is 1. The standard InChI is InChI=1S/C15H25N3O/c1-10(15(3,4)5)9-17-14(19)12-7-11(2)18-13(8-12)16-6/h7-8,10H,9H2,1-6H3,(H,16,18)(H,17,19). The molecular formula is C15H25N3O. The number of hydrogen-bond donors (Lipinski definition) is 2. The molecule has 0 spiro atoms. The minimum atomic E-state index is -0.0434. The van der Waals surface area contributed by atoms with Gasteiger partial charge in [-0.15, -0.1) is 0 Å². The molecule has 0 aromatic carbocycles. The minimum absolute atomic E-state index is 0.0434. The highest BCUT2D eigenvalue weighted by atomic mass is 16.1. The van der Waals surface area contributed by atoms with Gasteiger partial charge in [-0.25, -0.2) is 4.98 Å². The summed E-state index contributed by atoms with van der Waals surface area (Å²) in [6.45, 7) is 11.3. The number of carbonyl (C=O) groups excluding carboxylic acids is 1. The van der Waals surface area contributed by atoms with Crippen LogP contribution in [-0.2, 0) is 0 Å². The van der Waals surface area contributed by atoms with Gasteiger partial charge < -0.3 is 10.6 Å². The predicted octanol–water partition coefficient (Wildman–Crippen LogP) is 2.84. The number of hydrogen-bond acceptors (Lipinski definition) is 3. The summed E-state index contributed by atoms with van der Waals surface area (Å²) in [5, 5.41) is 5.95. The second kappa shape index (κ2) is 6.04. The van der Waals surface area contributed by atoms with Crippen LogP contribution in [0.4, 0.5) is 5.82 Å². The molecule has 2 N–H and O–H groups in total. The Hall–Kier alpha value is -1.58. The van der Waals surface area contributed by atoms with Crippen molar-refractivity contribution in [3.05, 3.63) is 23.4 Å². The average molecular weight is 263 g/mol. The molecule has 1 aromatic rings. The molecule has 1 heterocycles. The summed E-state index contributed by atoms with van der Waals surface area (Å²) < 4.78 is 0. The molecule has 4 nitrogen and oxygen atoms in total. The summed E-state index contributed by atoms with van der Waals surface area (Å²) in [7, 11) is 1.80. The molecule has 1 aromatic heterocycles. The van der Waals surface area contributed by atoms with Crippen LogP contribution < -0.4 is 10.6 Å². The van der Waals surface area contributed by atoms with Crippen LogP contribution in [0.1, 0.15) is 43.7 Å². The van der Waals surface area contributed by atoms with E-state index in [0.29, 0.717) is 23.8 Å². The highest BCUT2D eigenvalue weighted by Gasteiger charge is 2.20. The third-order valence-electron chi connectivity index (χ3n) is 3.52. The lowest BCUT2D eigenvalue weighted by Crippen LogP contribution is -2.33. The SMILES string of the molecule is CNc1cc(C(=O)NCC(C)C(C)(C)C)cc(C)n1. The van der Waals surface area contributed by atoms with E-state index in [1.807, 2.05) is 6.92 Å². The molecule has 0 saturated carbocycles. The number of aromatic nitrogens is 1. The lowest BCUT2D eigenvalue weighted by Gasteiger charge is -2.27. The van der Waals surface area contributed by atoms with Crippen molar-refractivity contribution in [3.63, 3.8) is 0 Å². The Morgan fingerprint density at radius 1 is 1.37 bits per heavy atom. The summed E-state index contributed by atoms with van der Waals surface area (Å²) in [6.07, 6.45) is 0. The van der Waals surface area contributed by atoms with E-state index in [4.69, 9.17) is 0 Å². The predicted molar refractivity (Wildman–Crippen MR) is 79.5 cm³/mol. The van der Waals surface area contributed by atoms with Gasteiger partial charge in [-0.1, -0.05) is 27.7 Å². The summed E-state index contributed by atoms with van der Waals surface area (Å²) in [5.41, 5.74) is 1.68. The number of anilines is 1. The normalized spacial score (nSPS) is 12.9. The van der Waals surface area contributed by atoms with E-state index in [0.717, 1.165) is 5.69 Å². The van der Waals surface area contributed by atoms with Crippen LogP contribution in [0.25, 0.3) is 0 Å². The summed E-state index contributed by atoms with van der Waals surface area (Å²) in [6, 6.07) is 3.57. The van der Waals surface area contributed by atoms with Crippen molar-refractivity contribution in [2.24, 2.45) is 11.3 Å². The van der Waals surface area contributed by atoms with E-state index in [2.05, 4.69) is 43.3 Å². The second-order valence-corrected chi connectivity index (χ2v) is 6.11. The largest absolute Gasteiger partial charge is 0.373 e. The van der Waals surface area contributed by atoms with E-state index in [-0.39, 0.29) is 11.3 Å². The van der Waals surface area contributed by atoms with Crippen LogP contribution in [0.5, 0.6) is 0 Å². The molecule has 4 heteroatoms. The van der Waals surface area contributed by atoms with Crippen LogP contribution in [-0.4, -0.2) is 24.5 Å². The van der Waals surface area contributed by atoms with Gasteiger partial charge in [-0.05, 0) is 30.4 Å². The number of nitrogens with one attached hydrogen (secondary N) is 2. The van der Waals surface area contributed by atoms with Crippen molar-refractivity contribution >= 4 is 11.7 Å². The maximum absolute atomic E-state index is 12.1. The van der Waals surface area contributed by atoms with Gasteiger partial charge in [-0.3, -0.25) is 4.79 Å². The van der Waals surface area contributed by atoms with E-state index >= 15 is 0 Å². The molecule has 0 fully saturated rings. The van der Waals surface area contributed by atoms with Crippen molar-refractivity contribution < 1.29 is 4.79 Å². The smallest absolute Gasteiger partial charge is 0.251 e. The molecule has 106 valence electrons. The molecule has 1 atom stereocenters. The summed E-state index contributed by atoms with van der Waals surface area (Å²) >= 11 is 0. The number of carbonyl (C=O) groups is 1. The summed E-state index contributed by atoms with van der Waals surface area (Å²) in [4.78, 5) is 16.4. The third kappa shape index (κ3) is 4.54. The van der Waals surface area contributed by atoms with Gasteiger partial charge in [0.15, 0.2) is 0 Å². The monoisotopic (exact) mass is 263 g/mol. The van der Waals surface area contributed by atoms with Crippen LogP contribution in [0.2, 0.25) is 0 Å². The fraction of sp³-hybridized carbons (Fsp3) is 0.600. The lowest BCUT2D eigenvalue weighted by molar-refractivity contribution is 0.0937. The van der Waals surface area contributed by atoms with Crippen molar-refractivity contribution in [1.29, 1.82) is 0 Å². The summed E-state index contributed by atoms with van der Waals surface area (Å²) in [5.74, 6) is 1.09. The quantitative estimate of drug-likeness (QED) is 0.878. The van der Waals surface area contributed by atoms with E-state index < -0.39 is 0 Å². The van der Waals surface area contributed by atoms with Gasteiger partial charge in [0.1, 0.15) is 5.82 Å². The Labute approximate surface area is 116 Å². The van der Waals surface area contributed by atoms with Crippen molar-refractivity contribution in [2.45, 2.75) is 34.6 Å². The molecular weight excluding hydrogens is 238 g/mol. The van der Waals surface area contributed by atoms with Gasteiger partial charge >= 0.3 is 0 Å². The molecule has 0 aliphatic heterocycles. The molecule has 1 rings (SSSR count). The lowest BCUT2D eigenvalue weighted by atomic mass is 9.82. The van der Waals surface area contributed by atoms with Gasteiger partial charge in [0.05, 0.1) is 0 Å². The molecule has 0 saturated heterocycles. The maximum atomic E-state index is 12.1. The fourth-order valence-electron chi connectivity index (χ4n) is 1.58. The number of rotatable bonds is 4. The number of nitrogens with zero attached hydrogens (tertiary/aromatic N) is 1. The van der Waals surface area contributed by atoms with Crippen LogP contribution in [0, 0.1) is 18.3 Å². The number of aryl methyl sites for hydroxylation is 1. The third-order valence-corrected chi connectivity index (χ3v) is 3.52. The Morgan fingerprint density at radius 2 is 2.00 bits per heavy atom. The first-order chi connectivity index (χ1) is 8.74. The number of amides is 1. The molecule has 0 aliphatic carbocycles. The topological polar surface area (TPSA) is 54.0 Å². The van der Waals surface area contributed by atoms with Crippen molar-refractivity contribution in [1.82, 2.24) is 10.3 Å². The highest BCUT2D eigenvalue weighted by Crippen LogP contribution is 2.24. The molecule has 1 amide bonds. The minimum Gasteiger partial charge on any atom is -0.373 e. The van der Waals surface area contributed by atoms with Gasteiger partial charge in [0.25, 0.3) is 5.91 Å². The first kappa shape index (κ1) is 15.5. The van der Waals surface area contributed by atoms with Crippen molar-refractivity contribution in [2.75, 3.05) is 18.9 Å². The Kier molecular flexibility index (Phi) is 4.92. The van der Waals surface area contributed by atoms with Crippen LogP contribution in [0.3, 0.4) is 0 Å². The Balaban J connectivity index is 2.71. The Bertz CT molecular complexity index is 449. The van der Waals surface area contributed by atoms with Crippen LogP contribution in [0.15, 0.2) is 12.1 Å². The Morgan fingerprint density at radius 3 is 2.53 bits per heavy atom. The first-order valence-electron chi connectivity index (χ1n) is 6.68. The van der Waals surface area contributed by atoms with E-state index in [1.165, 1.54) is 0 Å². The highest BCUT2D eigenvalue weighted by molar-refractivity contribution is 5.95. The molecule has 1 unspecified atom stereocenters. The van der Waals surface area contributed by atoms with Gasteiger partial charge in [0.2, 0.25) is 0 Å². The molecule has 19 heavy (non-hydrogen) atoms. The zero-order valence-corrected chi connectivity index (χ0v) is 12.8. The molecule has 0 aliphatic rings. The van der Waals surface area contributed by atoms with Gasteiger partial charge in [-0.2, -0.15) is 0 Å². The zero-order valence-electron chi connectivity index (χ0n) is 12.8. The van der Waals surface area contributed by atoms with Crippen LogP contribution >= 0.6 is 0 Å². The molecule has 0 bridgehead atoms. The maximum Gasteiger partial charge on any atom is 0.251 e. The fourth-order valence-corrected chi connectivity index (χ4v) is 1.58. The van der Waals surface area contributed by atoms with E-state index in [9.17, 15) is 4.79 Å². The van der Waals surface area contributed by atoms with E-state index in [1.54, 1.807) is 19.2 Å². The van der Waals surface area contributed by atoms with Crippen molar-refractivity contribution in [3.8, 4) is 0 Å². The average Bonchev–Trinajstić information content (AvgIpc) is 2.33. The zero-order chi connectivity index (χ0) is 14.6. The van der Waals surface area contributed by atoms with Gasteiger partial charge in [0, 0.05) is 24.8 Å². The second-order valence-electron chi connectivity index (χ2n) is 6.11. The molecule has 0 radical (unpaired) electrons.